The Morgan fingerprint density at radius 1 is 0.848 bits per heavy atom. The molecule has 3 unspecified atom stereocenters. The molecule has 46 heavy (non-hydrogen) atoms. The van der Waals surface area contributed by atoms with E-state index in [1.54, 1.807) is 65.8 Å². The average Bonchev–Trinajstić information content (AvgIpc) is 2.89. The van der Waals surface area contributed by atoms with E-state index in [4.69, 9.17) is 15.2 Å². The molecule has 5 N–H and O–H groups in total. The van der Waals surface area contributed by atoms with Crippen LogP contribution in [0.2, 0.25) is 0 Å². The van der Waals surface area contributed by atoms with Gasteiger partial charge in [-0.05, 0) is 66.5 Å². The Kier molecular flexibility index (Phi) is 13.3. The zero-order valence-electron chi connectivity index (χ0n) is 28.0. The molecule has 252 valence electrons. The predicted octanol–water partition coefficient (Wildman–Crippen LogP) is 3.00. The normalized spacial score (nSPS) is 13.5. The van der Waals surface area contributed by atoms with Gasteiger partial charge in [0.1, 0.15) is 29.3 Å². The van der Waals surface area contributed by atoms with Gasteiger partial charge in [0.05, 0.1) is 13.0 Å². The molecule has 0 aliphatic carbocycles. The Bertz CT molecular complexity index is 1360. The first-order chi connectivity index (χ1) is 21.3. The summed E-state index contributed by atoms with van der Waals surface area (Å²) in [5.41, 5.74) is 6.40. The van der Waals surface area contributed by atoms with Gasteiger partial charge in [-0.15, -0.1) is 0 Å². The molecular weight excluding hydrogens is 592 g/mol. The number of carbonyl (C=O) groups excluding carboxylic acids is 5. The number of nitrogens with two attached hydrogens (primary N) is 1. The second-order valence-electron chi connectivity index (χ2n) is 13.2. The first-order valence-corrected chi connectivity index (χ1v) is 15.1. The Balaban J connectivity index is 2.63. The van der Waals surface area contributed by atoms with Crippen molar-refractivity contribution < 1.29 is 38.6 Å². The van der Waals surface area contributed by atoms with Crippen LogP contribution < -0.4 is 16.4 Å². The van der Waals surface area contributed by atoms with E-state index < -0.39 is 72.1 Å². The molecule has 12 heteroatoms. The smallest absolute Gasteiger partial charge is 0.408 e. The van der Waals surface area contributed by atoms with Gasteiger partial charge in [-0.1, -0.05) is 59.7 Å². The number of esters is 1. The van der Waals surface area contributed by atoms with Crippen LogP contribution >= 0.6 is 0 Å². The lowest BCUT2D eigenvalue weighted by Gasteiger charge is -2.35. The standard InChI is InChI=1S/C34H48N4O8/c1-21-16-22(2)18-24(17-21)28(29(41)36-26(31(43)45-33(3,4)5)19-23-12-10-9-11-13-23)38(14-15-39)30(42)25(20-27(35)40)37-32(44)46-34(6,7)8/h9-13,16-18,25-26,28,39H,14-15,19-20H2,1-8H3,(H2,35,40)(H,36,41)(H,37,44). The lowest BCUT2D eigenvalue weighted by atomic mass is 9.97. The number of amides is 4. The fraction of sp³-hybridized carbons (Fsp3) is 0.500. The van der Waals surface area contributed by atoms with Crippen LogP contribution in [-0.2, 0) is 35.1 Å². The number of nitrogens with one attached hydrogen (secondary N) is 2. The van der Waals surface area contributed by atoms with E-state index in [9.17, 15) is 29.1 Å². The van der Waals surface area contributed by atoms with Gasteiger partial charge in [-0.2, -0.15) is 0 Å². The zero-order valence-corrected chi connectivity index (χ0v) is 28.0. The van der Waals surface area contributed by atoms with Crippen molar-refractivity contribution in [1.82, 2.24) is 15.5 Å². The number of aliphatic hydroxyl groups is 1. The summed E-state index contributed by atoms with van der Waals surface area (Å²) in [7, 11) is 0. The minimum atomic E-state index is -1.52. The van der Waals surface area contributed by atoms with E-state index in [2.05, 4.69) is 10.6 Å². The van der Waals surface area contributed by atoms with Crippen LogP contribution in [0.4, 0.5) is 4.79 Å². The molecule has 0 saturated carbocycles. The molecule has 0 saturated heterocycles. The number of alkyl carbamates (subject to hydrolysis) is 1. The molecule has 0 aliphatic rings. The highest BCUT2D eigenvalue weighted by atomic mass is 16.6. The zero-order chi connectivity index (χ0) is 34.8. The molecule has 3 atom stereocenters. The molecule has 0 bridgehead atoms. The van der Waals surface area contributed by atoms with E-state index in [0.29, 0.717) is 5.56 Å². The molecule has 12 nitrogen and oxygen atoms in total. The number of hydrogen-bond acceptors (Lipinski definition) is 8. The highest BCUT2D eigenvalue weighted by molar-refractivity contribution is 5.95. The van der Waals surface area contributed by atoms with Gasteiger partial charge >= 0.3 is 12.1 Å². The molecule has 0 aliphatic heterocycles. The molecule has 0 spiro atoms. The first kappa shape index (κ1) is 37.7. The number of carbonyl (C=O) groups is 5. The molecule has 0 fully saturated rings. The van der Waals surface area contributed by atoms with Gasteiger partial charge in [0.2, 0.25) is 17.7 Å². The van der Waals surface area contributed by atoms with Crippen molar-refractivity contribution >= 4 is 29.8 Å². The molecule has 0 aromatic heterocycles. The number of ether oxygens (including phenoxy) is 2. The van der Waals surface area contributed by atoms with Gasteiger partial charge in [-0.25, -0.2) is 9.59 Å². The second-order valence-corrected chi connectivity index (χ2v) is 13.2. The molecule has 0 radical (unpaired) electrons. The van der Waals surface area contributed by atoms with Crippen molar-refractivity contribution in [3.05, 3.63) is 70.8 Å². The summed E-state index contributed by atoms with van der Waals surface area (Å²) in [6, 6.07) is 10.3. The minimum Gasteiger partial charge on any atom is -0.458 e. The monoisotopic (exact) mass is 640 g/mol. The summed E-state index contributed by atoms with van der Waals surface area (Å²) in [4.78, 5) is 67.6. The summed E-state index contributed by atoms with van der Waals surface area (Å²) in [6.45, 7) is 12.8. The Labute approximate surface area is 271 Å². The van der Waals surface area contributed by atoms with E-state index in [-0.39, 0.29) is 13.0 Å². The van der Waals surface area contributed by atoms with Crippen LogP contribution in [0.3, 0.4) is 0 Å². The molecule has 2 aromatic carbocycles. The molecule has 0 heterocycles. The van der Waals surface area contributed by atoms with Gasteiger partial charge in [-0.3, -0.25) is 14.4 Å². The topological polar surface area (TPSA) is 177 Å². The van der Waals surface area contributed by atoms with Crippen molar-refractivity contribution in [3.8, 4) is 0 Å². The van der Waals surface area contributed by atoms with Crippen LogP contribution in [-0.4, -0.2) is 76.2 Å². The lowest BCUT2D eigenvalue weighted by Crippen LogP contribution is -2.56. The van der Waals surface area contributed by atoms with Crippen LogP contribution in [0.25, 0.3) is 0 Å². The van der Waals surface area contributed by atoms with E-state index in [0.717, 1.165) is 21.6 Å². The van der Waals surface area contributed by atoms with Crippen LogP contribution in [0.1, 0.15) is 76.3 Å². The number of nitrogens with zero attached hydrogens (tertiary/aromatic N) is 1. The minimum absolute atomic E-state index is 0.0967. The lowest BCUT2D eigenvalue weighted by molar-refractivity contribution is -0.159. The van der Waals surface area contributed by atoms with Gasteiger partial charge in [0, 0.05) is 13.0 Å². The Morgan fingerprint density at radius 2 is 1.41 bits per heavy atom. The third-order valence-electron chi connectivity index (χ3n) is 6.43. The average molecular weight is 641 g/mol. The first-order valence-electron chi connectivity index (χ1n) is 15.1. The van der Waals surface area contributed by atoms with E-state index in [1.165, 1.54) is 0 Å². The van der Waals surface area contributed by atoms with Crippen molar-refractivity contribution in [2.75, 3.05) is 13.2 Å². The summed E-state index contributed by atoms with van der Waals surface area (Å²) < 4.78 is 10.9. The number of aliphatic hydroxyl groups excluding tert-OH is 1. The van der Waals surface area contributed by atoms with Crippen LogP contribution in [0, 0.1) is 13.8 Å². The molecule has 4 amide bonds. The SMILES string of the molecule is Cc1cc(C)cc(C(C(=O)NC(Cc2ccccc2)C(=O)OC(C)(C)C)N(CCO)C(=O)C(CC(N)=O)NC(=O)OC(C)(C)C)c1. The second kappa shape index (κ2) is 16.2. The quantitative estimate of drug-likeness (QED) is 0.242. The number of hydrogen-bond donors (Lipinski definition) is 4. The third kappa shape index (κ3) is 12.5. The third-order valence-corrected chi connectivity index (χ3v) is 6.43. The fourth-order valence-electron chi connectivity index (χ4n) is 4.83. The largest absolute Gasteiger partial charge is 0.458 e. The van der Waals surface area contributed by atoms with Gasteiger partial charge in [0.15, 0.2) is 0 Å². The maximum Gasteiger partial charge on any atom is 0.408 e. The fourth-order valence-corrected chi connectivity index (χ4v) is 4.83. The van der Waals surface area contributed by atoms with Crippen molar-refractivity contribution in [3.63, 3.8) is 0 Å². The van der Waals surface area contributed by atoms with E-state index >= 15 is 0 Å². The van der Waals surface area contributed by atoms with Crippen molar-refractivity contribution in [1.29, 1.82) is 0 Å². The highest BCUT2D eigenvalue weighted by Crippen LogP contribution is 2.26. The summed E-state index contributed by atoms with van der Waals surface area (Å²) >= 11 is 0. The predicted molar refractivity (Wildman–Crippen MR) is 172 cm³/mol. The number of aryl methyl sites for hydroxylation is 2. The summed E-state index contributed by atoms with van der Waals surface area (Å²) in [5, 5.41) is 15.2. The van der Waals surface area contributed by atoms with Crippen LogP contribution in [0.5, 0.6) is 0 Å². The number of rotatable bonds is 13. The number of primary amides is 1. The van der Waals surface area contributed by atoms with Gasteiger partial charge in [0.25, 0.3) is 0 Å². The number of benzene rings is 2. The van der Waals surface area contributed by atoms with Crippen molar-refractivity contribution in [2.24, 2.45) is 5.73 Å². The maximum atomic E-state index is 14.3. The van der Waals surface area contributed by atoms with E-state index in [1.807, 2.05) is 38.1 Å². The Morgan fingerprint density at radius 3 is 1.91 bits per heavy atom. The highest BCUT2D eigenvalue weighted by Gasteiger charge is 2.39. The Hall–Kier alpha value is -4.45. The van der Waals surface area contributed by atoms with Crippen LogP contribution in [0.15, 0.2) is 48.5 Å². The molecule has 2 aromatic rings. The summed E-state index contributed by atoms with van der Waals surface area (Å²) in [5.74, 6) is -3.18. The molecule has 2 rings (SSSR count). The van der Waals surface area contributed by atoms with Crippen molar-refractivity contribution in [2.45, 2.75) is 97.6 Å². The summed E-state index contributed by atoms with van der Waals surface area (Å²) in [6.07, 6.45) is -1.48. The molecular formula is C34H48N4O8. The maximum absolute atomic E-state index is 14.3. The van der Waals surface area contributed by atoms with Gasteiger partial charge < -0.3 is 35.8 Å².